The number of anilines is 1. The van der Waals surface area contributed by atoms with Gasteiger partial charge in [0.2, 0.25) is 5.91 Å². The number of hydrogen-bond donors (Lipinski definition) is 3. The van der Waals surface area contributed by atoms with Crippen LogP contribution in [-0.2, 0) is 4.79 Å². The van der Waals surface area contributed by atoms with Gasteiger partial charge in [0.15, 0.2) is 0 Å². The standard InChI is InChI=1S/C11H16N2O3S/c1-7(5-6-14)12-11(16)9-3-4-10(17-9)13-8(2)15/h3-4,7,14H,5-6H2,1-2H3,(H,12,16)(H,13,15). The van der Waals surface area contributed by atoms with Crippen molar-refractivity contribution in [1.29, 1.82) is 0 Å². The van der Waals surface area contributed by atoms with Crippen molar-refractivity contribution < 1.29 is 14.7 Å². The molecule has 1 rings (SSSR count). The van der Waals surface area contributed by atoms with E-state index in [1.54, 1.807) is 12.1 Å². The van der Waals surface area contributed by atoms with Crippen LogP contribution in [0.3, 0.4) is 0 Å². The van der Waals surface area contributed by atoms with E-state index in [4.69, 9.17) is 5.11 Å². The van der Waals surface area contributed by atoms with Gasteiger partial charge < -0.3 is 15.7 Å². The van der Waals surface area contributed by atoms with Gasteiger partial charge in [0.1, 0.15) is 0 Å². The molecule has 1 atom stereocenters. The number of thiophene rings is 1. The van der Waals surface area contributed by atoms with E-state index in [1.165, 1.54) is 18.3 Å². The van der Waals surface area contributed by atoms with Crippen LogP contribution in [-0.4, -0.2) is 29.6 Å². The van der Waals surface area contributed by atoms with Gasteiger partial charge in [0.25, 0.3) is 5.91 Å². The number of rotatable bonds is 5. The summed E-state index contributed by atoms with van der Waals surface area (Å²) < 4.78 is 0. The number of carbonyl (C=O) groups is 2. The maximum atomic E-state index is 11.7. The SMILES string of the molecule is CC(=O)Nc1ccc(C(=O)NC(C)CCO)s1. The van der Waals surface area contributed by atoms with Gasteiger partial charge in [-0.2, -0.15) is 0 Å². The zero-order valence-corrected chi connectivity index (χ0v) is 10.6. The molecule has 5 nitrogen and oxygen atoms in total. The highest BCUT2D eigenvalue weighted by molar-refractivity contribution is 7.18. The van der Waals surface area contributed by atoms with Crippen molar-refractivity contribution in [1.82, 2.24) is 5.32 Å². The Bertz CT molecular complexity index is 403. The number of aliphatic hydroxyl groups is 1. The van der Waals surface area contributed by atoms with E-state index in [-0.39, 0.29) is 24.5 Å². The molecule has 6 heteroatoms. The molecule has 3 N–H and O–H groups in total. The Balaban J connectivity index is 2.57. The van der Waals surface area contributed by atoms with E-state index < -0.39 is 0 Å². The fourth-order valence-electron chi connectivity index (χ4n) is 1.26. The lowest BCUT2D eigenvalue weighted by Crippen LogP contribution is -2.32. The molecule has 1 aromatic rings. The molecule has 1 unspecified atom stereocenters. The van der Waals surface area contributed by atoms with Gasteiger partial charge >= 0.3 is 0 Å². The van der Waals surface area contributed by atoms with Gasteiger partial charge in [-0.05, 0) is 25.5 Å². The zero-order valence-electron chi connectivity index (χ0n) is 9.82. The van der Waals surface area contributed by atoms with Crippen LogP contribution in [0, 0.1) is 0 Å². The lowest BCUT2D eigenvalue weighted by molar-refractivity contribution is -0.114. The molecule has 0 bridgehead atoms. The summed E-state index contributed by atoms with van der Waals surface area (Å²) in [6, 6.07) is 3.29. The first-order chi connectivity index (χ1) is 8.02. The fraction of sp³-hybridized carbons (Fsp3) is 0.455. The molecule has 0 aromatic carbocycles. The van der Waals surface area contributed by atoms with Crippen molar-refractivity contribution >= 4 is 28.2 Å². The summed E-state index contributed by atoms with van der Waals surface area (Å²) in [5.74, 6) is -0.347. The number of nitrogens with one attached hydrogen (secondary N) is 2. The molecule has 0 aliphatic carbocycles. The monoisotopic (exact) mass is 256 g/mol. The van der Waals surface area contributed by atoms with Crippen LogP contribution in [0.5, 0.6) is 0 Å². The molecule has 0 saturated heterocycles. The second-order valence-corrected chi connectivity index (χ2v) is 4.82. The minimum atomic E-state index is -0.187. The predicted octanol–water partition coefficient (Wildman–Crippen LogP) is 1.21. The van der Waals surface area contributed by atoms with E-state index in [0.29, 0.717) is 16.3 Å². The molecule has 17 heavy (non-hydrogen) atoms. The van der Waals surface area contributed by atoms with Crippen molar-refractivity contribution in [3.63, 3.8) is 0 Å². The highest BCUT2D eigenvalue weighted by Gasteiger charge is 2.12. The van der Waals surface area contributed by atoms with Crippen molar-refractivity contribution in [3.8, 4) is 0 Å². The molecular formula is C11H16N2O3S. The first-order valence-corrected chi connectivity index (χ1v) is 6.13. The average molecular weight is 256 g/mol. The first-order valence-electron chi connectivity index (χ1n) is 5.32. The second-order valence-electron chi connectivity index (χ2n) is 3.73. The zero-order chi connectivity index (χ0) is 12.8. The van der Waals surface area contributed by atoms with Crippen molar-refractivity contribution in [2.75, 3.05) is 11.9 Å². The Hall–Kier alpha value is -1.40. The number of aliphatic hydroxyl groups excluding tert-OH is 1. The second kappa shape index (κ2) is 6.36. The lowest BCUT2D eigenvalue weighted by Gasteiger charge is -2.10. The number of amides is 2. The summed E-state index contributed by atoms with van der Waals surface area (Å²) >= 11 is 1.22. The van der Waals surface area contributed by atoms with Crippen LogP contribution in [0.15, 0.2) is 12.1 Å². The average Bonchev–Trinajstić information content (AvgIpc) is 2.65. The molecule has 0 aliphatic heterocycles. The van der Waals surface area contributed by atoms with Crippen LogP contribution in [0.25, 0.3) is 0 Å². The minimum absolute atomic E-state index is 0.0447. The van der Waals surface area contributed by atoms with Crippen molar-refractivity contribution in [2.24, 2.45) is 0 Å². The van der Waals surface area contributed by atoms with Crippen LogP contribution in [0.4, 0.5) is 5.00 Å². The predicted molar refractivity (Wildman–Crippen MR) is 67.3 cm³/mol. The van der Waals surface area contributed by atoms with Crippen molar-refractivity contribution in [2.45, 2.75) is 26.3 Å². The Labute approximate surface area is 104 Å². The third kappa shape index (κ3) is 4.54. The summed E-state index contributed by atoms with van der Waals surface area (Å²) in [6.07, 6.45) is 0.523. The molecule has 2 amide bonds. The summed E-state index contributed by atoms with van der Waals surface area (Å²) in [7, 11) is 0. The Morgan fingerprint density at radius 3 is 2.76 bits per heavy atom. The fourth-order valence-corrected chi connectivity index (χ4v) is 2.12. The van der Waals surface area contributed by atoms with Gasteiger partial charge in [0, 0.05) is 19.6 Å². The Morgan fingerprint density at radius 1 is 1.47 bits per heavy atom. The third-order valence-electron chi connectivity index (χ3n) is 2.07. The van der Waals surface area contributed by atoms with E-state index in [1.807, 2.05) is 6.92 Å². The molecule has 0 spiro atoms. The molecular weight excluding hydrogens is 240 g/mol. The van der Waals surface area contributed by atoms with E-state index >= 15 is 0 Å². The first kappa shape index (κ1) is 13.7. The van der Waals surface area contributed by atoms with E-state index in [9.17, 15) is 9.59 Å². The lowest BCUT2D eigenvalue weighted by atomic mass is 10.2. The summed E-state index contributed by atoms with van der Waals surface area (Å²) in [6.45, 7) is 3.29. The van der Waals surface area contributed by atoms with Crippen LogP contribution in [0.2, 0.25) is 0 Å². The highest BCUT2D eigenvalue weighted by Crippen LogP contribution is 2.21. The van der Waals surface area contributed by atoms with Crippen LogP contribution < -0.4 is 10.6 Å². The van der Waals surface area contributed by atoms with Gasteiger partial charge in [-0.15, -0.1) is 11.3 Å². The Kier molecular flexibility index (Phi) is 5.11. The van der Waals surface area contributed by atoms with Crippen LogP contribution in [0.1, 0.15) is 29.9 Å². The number of carbonyl (C=O) groups excluding carboxylic acids is 2. The molecule has 0 radical (unpaired) electrons. The molecule has 0 aliphatic rings. The Morgan fingerprint density at radius 2 is 2.18 bits per heavy atom. The van der Waals surface area contributed by atoms with Crippen molar-refractivity contribution in [3.05, 3.63) is 17.0 Å². The highest BCUT2D eigenvalue weighted by atomic mass is 32.1. The summed E-state index contributed by atoms with van der Waals surface area (Å²) in [5, 5.41) is 14.8. The summed E-state index contributed by atoms with van der Waals surface area (Å²) in [4.78, 5) is 23.1. The van der Waals surface area contributed by atoms with E-state index in [2.05, 4.69) is 10.6 Å². The maximum absolute atomic E-state index is 11.7. The maximum Gasteiger partial charge on any atom is 0.261 e. The molecule has 1 heterocycles. The van der Waals surface area contributed by atoms with E-state index in [0.717, 1.165) is 0 Å². The largest absolute Gasteiger partial charge is 0.396 e. The molecule has 94 valence electrons. The van der Waals surface area contributed by atoms with Gasteiger partial charge in [-0.25, -0.2) is 0 Å². The van der Waals surface area contributed by atoms with Gasteiger partial charge in [0.05, 0.1) is 9.88 Å². The summed E-state index contributed by atoms with van der Waals surface area (Å²) in [5.41, 5.74) is 0. The van der Waals surface area contributed by atoms with Crippen LogP contribution >= 0.6 is 11.3 Å². The quantitative estimate of drug-likeness (QED) is 0.741. The van der Waals surface area contributed by atoms with Gasteiger partial charge in [-0.3, -0.25) is 9.59 Å². The molecule has 0 saturated carbocycles. The normalized spacial score (nSPS) is 11.9. The third-order valence-corrected chi connectivity index (χ3v) is 3.07. The number of hydrogen-bond acceptors (Lipinski definition) is 4. The smallest absolute Gasteiger partial charge is 0.261 e. The van der Waals surface area contributed by atoms with Gasteiger partial charge in [-0.1, -0.05) is 0 Å². The molecule has 0 fully saturated rings. The minimum Gasteiger partial charge on any atom is -0.396 e. The topological polar surface area (TPSA) is 78.4 Å². The molecule has 1 aromatic heterocycles.